The Bertz CT molecular complexity index is 1250. The summed E-state index contributed by atoms with van der Waals surface area (Å²) in [5.74, 6) is -2.10. The summed E-state index contributed by atoms with van der Waals surface area (Å²) in [4.78, 5) is 37.9. The van der Waals surface area contributed by atoms with Crippen LogP contribution < -0.4 is 5.32 Å². The summed E-state index contributed by atoms with van der Waals surface area (Å²) in [6.07, 6.45) is -0.625. The van der Waals surface area contributed by atoms with Crippen LogP contribution in [0.15, 0.2) is 71.2 Å². The molecular formula is C27H25BrN2O5. The number of aliphatic carboxylic acids is 1. The number of hydrogen-bond acceptors (Lipinski definition) is 4. The SMILES string of the molecule is CC(CN(C)C(=O)c1cc(NC(=O)OCC2c3ccccc3-c3ccccc32)ccc1Br)C(=O)O. The Morgan fingerprint density at radius 1 is 1.03 bits per heavy atom. The maximum Gasteiger partial charge on any atom is 0.411 e. The monoisotopic (exact) mass is 536 g/mol. The van der Waals surface area contributed by atoms with Crippen LogP contribution in [0.2, 0.25) is 0 Å². The molecule has 0 aromatic heterocycles. The lowest BCUT2D eigenvalue weighted by Gasteiger charge is -2.20. The first-order valence-corrected chi connectivity index (χ1v) is 12.0. The zero-order valence-corrected chi connectivity index (χ0v) is 20.9. The molecule has 0 bridgehead atoms. The van der Waals surface area contributed by atoms with E-state index in [-0.39, 0.29) is 25.0 Å². The molecule has 0 saturated carbocycles. The molecule has 0 spiro atoms. The molecule has 0 radical (unpaired) electrons. The molecular weight excluding hydrogens is 512 g/mol. The van der Waals surface area contributed by atoms with Crippen molar-refractivity contribution in [3.8, 4) is 11.1 Å². The predicted molar refractivity (Wildman–Crippen MR) is 137 cm³/mol. The lowest BCUT2D eigenvalue weighted by atomic mass is 9.98. The average Bonchev–Trinajstić information content (AvgIpc) is 3.17. The molecule has 8 heteroatoms. The van der Waals surface area contributed by atoms with Gasteiger partial charge in [-0.25, -0.2) is 4.79 Å². The van der Waals surface area contributed by atoms with E-state index < -0.39 is 18.0 Å². The first kappa shape index (κ1) is 24.5. The molecule has 1 unspecified atom stereocenters. The Kier molecular flexibility index (Phi) is 7.21. The first-order chi connectivity index (χ1) is 16.8. The van der Waals surface area contributed by atoms with Crippen molar-refractivity contribution >= 4 is 39.6 Å². The molecule has 1 aliphatic rings. The third kappa shape index (κ3) is 5.22. The maximum absolute atomic E-state index is 12.9. The van der Waals surface area contributed by atoms with Gasteiger partial charge in [0.15, 0.2) is 0 Å². The van der Waals surface area contributed by atoms with Gasteiger partial charge in [0, 0.05) is 29.7 Å². The Balaban J connectivity index is 1.43. The van der Waals surface area contributed by atoms with E-state index in [4.69, 9.17) is 9.84 Å². The number of nitrogens with zero attached hydrogens (tertiary/aromatic N) is 1. The minimum absolute atomic E-state index is 0.0555. The van der Waals surface area contributed by atoms with Gasteiger partial charge in [0.2, 0.25) is 0 Å². The zero-order valence-electron chi connectivity index (χ0n) is 19.3. The van der Waals surface area contributed by atoms with Crippen molar-refractivity contribution in [2.45, 2.75) is 12.8 Å². The number of fused-ring (bicyclic) bond motifs is 3. The Labute approximate surface area is 211 Å². The van der Waals surface area contributed by atoms with E-state index >= 15 is 0 Å². The molecule has 2 amide bonds. The molecule has 0 fully saturated rings. The number of carbonyl (C=O) groups excluding carboxylic acids is 2. The van der Waals surface area contributed by atoms with E-state index in [0.717, 1.165) is 22.3 Å². The third-order valence-corrected chi connectivity index (χ3v) is 6.79. The number of rotatable bonds is 7. The van der Waals surface area contributed by atoms with Crippen LogP contribution in [0.4, 0.5) is 10.5 Å². The number of halogens is 1. The fourth-order valence-electron chi connectivity index (χ4n) is 4.30. The number of benzene rings is 3. The standard InChI is InChI=1S/C27H25BrN2O5/c1-16(26(32)33)14-30(2)25(31)22-13-17(11-12-24(22)28)29-27(34)35-15-23-20-9-5-3-7-18(20)19-8-4-6-10-21(19)23/h3-13,16,23H,14-15H2,1-2H3,(H,29,34)(H,32,33). The molecule has 0 heterocycles. The van der Waals surface area contributed by atoms with Crippen LogP contribution in [0.1, 0.15) is 34.3 Å². The van der Waals surface area contributed by atoms with Gasteiger partial charge >= 0.3 is 12.1 Å². The Morgan fingerprint density at radius 3 is 2.23 bits per heavy atom. The van der Waals surface area contributed by atoms with E-state index in [1.54, 1.807) is 19.2 Å². The molecule has 7 nitrogen and oxygen atoms in total. The summed E-state index contributed by atoms with van der Waals surface area (Å²) < 4.78 is 6.12. The van der Waals surface area contributed by atoms with Gasteiger partial charge in [0.05, 0.1) is 11.5 Å². The molecule has 35 heavy (non-hydrogen) atoms. The molecule has 3 aromatic carbocycles. The molecule has 0 saturated heterocycles. The van der Waals surface area contributed by atoms with Crippen LogP contribution in [0.3, 0.4) is 0 Å². The van der Waals surface area contributed by atoms with Crippen LogP contribution in [-0.4, -0.2) is 48.2 Å². The maximum atomic E-state index is 12.9. The number of nitrogens with one attached hydrogen (secondary N) is 1. The number of carbonyl (C=O) groups is 3. The molecule has 1 atom stereocenters. The van der Waals surface area contributed by atoms with Gasteiger partial charge in [-0.3, -0.25) is 14.9 Å². The van der Waals surface area contributed by atoms with Gasteiger partial charge in [-0.2, -0.15) is 0 Å². The minimum Gasteiger partial charge on any atom is -0.481 e. The smallest absolute Gasteiger partial charge is 0.411 e. The minimum atomic E-state index is -0.977. The van der Waals surface area contributed by atoms with Gasteiger partial charge in [-0.1, -0.05) is 55.5 Å². The first-order valence-electron chi connectivity index (χ1n) is 11.2. The van der Waals surface area contributed by atoms with Gasteiger partial charge in [0.1, 0.15) is 6.61 Å². The second-order valence-corrected chi connectivity index (χ2v) is 9.42. The van der Waals surface area contributed by atoms with Crippen molar-refractivity contribution in [2.75, 3.05) is 25.5 Å². The van der Waals surface area contributed by atoms with Crippen LogP contribution in [-0.2, 0) is 9.53 Å². The van der Waals surface area contributed by atoms with E-state index in [1.807, 2.05) is 24.3 Å². The second-order valence-electron chi connectivity index (χ2n) is 8.57. The lowest BCUT2D eigenvalue weighted by Crippen LogP contribution is -2.34. The number of amides is 2. The van der Waals surface area contributed by atoms with E-state index in [0.29, 0.717) is 15.7 Å². The number of carboxylic acid groups (broad SMARTS) is 1. The van der Waals surface area contributed by atoms with Gasteiger partial charge in [-0.05, 0) is 56.4 Å². The number of anilines is 1. The van der Waals surface area contributed by atoms with Gasteiger partial charge in [0.25, 0.3) is 5.91 Å². The van der Waals surface area contributed by atoms with E-state index in [2.05, 4.69) is 45.5 Å². The average molecular weight is 537 g/mol. The van der Waals surface area contributed by atoms with Crippen molar-refractivity contribution in [3.63, 3.8) is 0 Å². The predicted octanol–water partition coefficient (Wildman–Crippen LogP) is 5.60. The molecule has 4 rings (SSSR count). The third-order valence-electron chi connectivity index (χ3n) is 6.10. The highest BCUT2D eigenvalue weighted by Gasteiger charge is 2.29. The fraction of sp³-hybridized carbons (Fsp3) is 0.222. The van der Waals surface area contributed by atoms with Crippen LogP contribution in [0.25, 0.3) is 11.1 Å². The van der Waals surface area contributed by atoms with Crippen LogP contribution >= 0.6 is 15.9 Å². The second kappa shape index (κ2) is 10.3. The van der Waals surface area contributed by atoms with Crippen molar-refractivity contribution in [3.05, 3.63) is 87.9 Å². The highest BCUT2D eigenvalue weighted by atomic mass is 79.9. The van der Waals surface area contributed by atoms with Gasteiger partial charge < -0.3 is 14.7 Å². The Hall–Kier alpha value is -3.65. The van der Waals surface area contributed by atoms with Crippen LogP contribution in [0, 0.1) is 5.92 Å². The summed E-state index contributed by atoms with van der Waals surface area (Å²) in [7, 11) is 1.54. The summed E-state index contributed by atoms with van der Waals surface area (Å²) in [5.41, 5.74) is 5.24. The summed E-state index contributed by atoms with van der Waals surface area (Å²) in [6, 6.07) is 21.0. The van der Waals surface area contributed by atoms with Crippen molar-refractivity contribution in [1.29, 1.82) is 0 Å². The molecule has 0 aliphatic heterocycles. The normalized spacial score (nSPS) is 12.9. The lowest BCUT2D eigenvalue weighted by molar-refractivity contribution is -0.141. The molecule has 3 aromatic rings. The largest absolute Gasteiger partial charge is 0.481 e. The number of carboxylic acids is 1. The van der Waals surface area contributed by atoms with E-state index in [9.17, 15) is 14.4 Å². The van der Waals surface area contributed by atoms with Crippen molar-refractivity contribution < 1.29 is 24.2 Å². The highest BCUT2D eigenvalue weighted by Crippen LogP contribution is 2.44. The molecule has 2 N–H and O–H groups in total. The highest BCUT2D eigenvalue weighted by molar-refractivity contribution is 9.10. The summed E-state index contributed by atoms with van der Waals surface area (Å²) in [6.45, 7) is 1.78. The quantitative estimate of drug-likeness (QED) is 0.409. The number of hydrogen-bond donors (Lipinski definition) is 2. The molecule has 1 aliphatic carbocycles. The Morgan fingerprint density at radius 2 is 1.63 bits per heavy atom. The molecule has 180 valence electrons. The van der Waals surface area contributed by atoms with Crippen LogP contribution in [0.5, 0.6) is 0 Å². The van der Waals surface area contributed by atoms with E-state index in [1.165, 1.54) is 17.9 Å². The zero-order chi connectivity index (χ0) is 25.1. The van der Waals surface area contributed by atoms with Crippen molar-refractivity contribution in [2.24, 2.45) is 5.92 Å². The van der Waals surface area contributed by atoms with Crippen molar-refractivity contribution in [1.82, 2.24) is 4.90 Å². The van der Waals surface area contributed by atoms with Gasteiger partial charge in [-0.15, -0.1) is 0 Å². The number of ether oxygens (including phenoxy) is 1. The topological polar surface area (TPSA) is 95.9 Å². The summed E-state index contributed by atoms with van der Waals surface area (Å²) in [5, 5.41) is 11.8. The summed E-state index contributed by atoms with van der Waals surface area (Å²) >= 11 is 3.36. The fourth-order valence-corrected chi connectivity index (χ4v) is 4.71.